The van der Waals surface area contributed by atoms with E-state index >= 15 is 0 Å². The third-order valence-corrected chi connectivity index (χ3v) is 7.11. The second-order valence-corrected chi connectivity index (χ2v) is 9.73. The summed E-state index contributed by atoms with van der Waals surface area (Å²) in [5.74, 6) is 3.36. The number of nitrogens with one attached hydrogen (secondary N) is 1. The number of amides is 1. The van der Waals surface area contributed by atoms with E-state index in [4.69, 9.17) is 4.74 Å². The number of aryl methyl sites for hydroxylation is 2. The molecule has 10 heteroatoms. The average molecular weight is 511 g/mol. The maximum absolute atomic E-state index is 11.3. The number of thioether (sulfide) groups is 1. The number of ether oxygens (including phenoxy) is 1. The molecule has 1 aliphatic heterocycles. The Morgan fingerprint density at radius 2 is 1.94 bits per heavy atom. The Morgan fingerprint density at radius 1 is 1.19 bits per heavy atom. The Labute approximate surface area is 215 Å². The molecule has 36 heavy (non-hydrogen) atoms. The summed E-state index contributed by atoms with van der Waals surface area (Å²) in [7, 11) is 3.21. The summed E-state index contributed by atoms with van der Waals surface area (Å²) in [6, 6.07) is 1.70. The van der Waals surface area contributed by atoms with E-state index in [0.29, 0.717) is 28.5 Å². The molecule has 0 atom stereocenters. The van der Waals surface area contributed by atoms with Crippen molar-refractivity contribution in [1.82, 2.24) is 24.5 Å². The first-order chi connectivity index (χ1) is 17.3. The summed E-state index contributed by atoms with van der Waals surface area (Å²) in [6.07, 6.45) is 12.5. The number of hydrogen-bond donors (Lipinski definition) is 1. The van der Waals surface area contributed by atoms with Crippen molar-refractivity contribution in [2.24, 2.45) is 13.0 Å². The molecule has 0 radical (unpaired) electrons. The Kier molecular flexibility index (Phi) is 9.98. The summed E-state index contributed by atoms with van der Waals surface area (Å²) < 4.78 is 6.59. The van der Waals surface area contributed by atoms with E-state index < -0.39 is 0 Å². The van der Waals surface area contributed by atoms with Crippen LogP contribution in [-0.2, 0) is 18.3 Å². The summed E-state index contributed by atoms with van der Waals surface area (Å²) in [5, 5.41) is 2.72. The number of carbonyl (C=O) groups excluding carboxylic acids is 1. The first-order valence-electron chi connectivity index (χ1n) is 12.1. The zero-order chi connectivity index (χ0) is 26.1. The highest BCUT2D eigenvalue weighted by atomic mass is 32.2. The molecule has 1 amide bonds. The second kappa shape index (κ2) is 13.2. The molecule has 9 nitrogen and oxygen atoms in total. The molecule has 0 spiro atoms. The zero-order valence-electron chi connectivity index (χ0n) is 21.4. The smallest absolute Gasteiger partial charge is 0.269 e. The largest absolute Gasteiger partial charge is 0.494 e. The van der Waals surface area contributed by atoms with E-state index in [1.165, 1.54) is 60.2 Å². The van der Waals surface area contributed by atoms with Crippen molar-refractivity contribution in [3.05, 3.63) is 53.0 Å². The van der Waals surface area contributed by atoms with Crippen molar-refractivity contribution < 1.29 is 9.53 Å². The van der Waals surface area contributed by atoms with E-state index in [1.807, 2.05) is 6.92 Å². The van der Waals surface area contributed by atoms with Crippen molar-refractivity contribution >= 4 is 34.7 Å². The molecular weight excluding hydrogens is 476 g/mol. The fraction of sp³-hybridized carbons (Fsp3) is 0.462. The van der Waals surface area contributed by atoms with E-state index in [0.717, 1.165) is 23.1 Å². The minimum Gasteiger partial charge on any atom is -0.494 e. The highest BCUT2D eigenvalue weighted by Crippen LogP contribution is 2.29. The highest BCUT2D eigenvalue weighted by Gasteiger charge is 2.17. The van der Waals surface area contributed by atoms with Gasteiger partial charge >= 0.3 is 0 Å². The topological polar surface area (TPSA) is 112 Å². The Bertz CT molecular complexity index is 1270. The number of rotatable bonds is 3. The van der Waals surface area contributed by atoms with Crippen molar-refractivity contribution in [3.63, 3.8) is 0 Å². The minimum absolute atomic E-state index is 0.0123. The van der Waals surface area contributed by atoms with Crippen LogP contribution in [0.5, 0.6) is 5.75 Å². The minimum atomic E-state index is -0.177. The number of hydrogen-bond acceptors (Lipinski definition) is 8. The van der Waals surface area contributed by atoms with Crippen LogP contribution in [0.2, 0.25) is 0 Å². The number of allylic oxidation sites excluding steroid dienone is 1. The zero-order valence-corrected chi connectivity index (χ0v) is 22.2. The SMILES string of the molecule is C=C(C)C1CCCCC1.CCc1ncc2c(n1)NC(=O)CS2.COc1ccnc2ncc(=O)n(C)c12. The molecule has 3 aromatic rings. The molecule has 2 aliphatic rings. The Morgan fingerprint density at radius 3 is 2.58 bits per heavy atom. The monoisotopic (exact) mass is 510 g/mol. The lowest BCUT2D eigenvalue weighted by Crippen LogP contribution is -2.20. The van der Waals surface area contributed by atoms with Crippen LogP contribution >= 0.6 is 11.8 Å². The van der Waals surface area contributed by atoms with Gasteiger partial charge in [-0.05, 0) is 25.7 Å². The third-order valence-electron chi connectivity index (χ3n) is 6.09. The number of nitrogens with zero attached hydrogens (tertiary/aromatic N) is 5. The van der Waals surface area contributed by atoms with Crippen molar-refractivity contribution in [3.8, 4) is 5.75 Å². The van der Waals surface area contributed by atoms with Gasteiger partial charge in [0.05, 0.1) is 24.0 Å². The normalized spacial score (nSPS) is 14.9. The van der Waals surface area contributed by atoms with Crippen molar-refractivity contribution in [2.75, 3.05) is 18.2 Å². The number of aromatic nitrogens is 5. The summed E-state index contributed by atoms with van der Waals surface area (Å²) in [4.78, 5) is 39.6. The maximum atomic E-state index is 11.3. The summed E-state index contributed by atoms with van der Waals surface area (Å²) in [6.45, 7) is 8.13. The van der Waals surface area contributed by atoms with Gasteiger partial charge in [-0.25, -0.2) is 19.9 Å². The lowest BCUT2D eigenvalue weighted by Gasteiger charge is -2.21. The van der Waals surface area contributed by atoms with Gasteiger partial charge in [-0.15, -0.1) is 11.8 Å². The van der Waals surface area contributed by atoms with Crippen LogP contribution in [0.4, 0.5) is 5.82 Å². The van der Waals surface area contributed by atoms with Crippen molar-refractivity contribution in [2.45, 2.75) is 57.3 Å². The van der Waals surface area contributed by atoms with Gasteiger partial charge in [-0.2, -0.15) is 0 Å². The molecule has 4 heterocycles. The molecule has 3 aromatic heterocycles. The van der Waals surface area contributed by atoms with Crippen LogP contribution in [0, 0.1) is 5.92 Å². The molecule has 1 fully saturated rings. The van der Waals surface area contributed by atoms with Gasteiger partial charge in [0.2, 0.25) is 5.91 Å². The van der Waals surface area contributed by atoms with Gasteiger partial charge in [0.25, 0.3) is 5.56 Å². The van der Waals surface area contributed by atoms with Crippen LogP contribution in [0.1, 0.15) is 51.8 Å². The van der Waals surface area contributed by atoms with Gasteiger partial charge in [-0.1, -0.05) is 38.3 Å². The van der Waals surface area contributed by atoms with E-state index in [1.54, 1.807) is 32.6 Å². The lowest BCUT2D eigenvalue weighted by atomic mass is 9.85. The van der Waals surface area contributed by atoms with Gasteiger partial charge in [0, 0.05) is 31.9 Å². The van der Waals surface area contributed by atoms with Crippen LogP contribution in [-0.4, -0.2) is 43.3 Å². The molecule has 0 bridgehead atoms. The van der Waals surface area contributed by atoms with Gasteiger partial charge < -0.3 is 14.6 Å². The third kappa shape index (κ3) is 7.13. The fourth-order valence-corrected chi connectivity index (χ4v) is 4.71. The molecule has 1 saturated carbocycles. The standard InChI is InChI=1S/C9H9N3O2.C9H16.C8H9N3OS/c1-12-7(13)5-11-9-8(12)6(14-2)3-4-10-9;1-8(2)9-6-4-3-5-7-9;1-2-6-9-3-5-8(10-6)11-7(12)4-13-5/h3-5H,1-2H3;9H,1,3-7H2,2H3;3H,2,4H2,1H3,(H,9,10,11,12). The van der Waals surface area contributed by atoms with Crippen LogP contribution in [0.25, 0.3) is 11.2 Å². The predicted octanol–water partition coefficient (Wildman–Crippen LogP) is 4.56. The summed E-state index contributed by atoms with van der Waals surface area (Å²) in [5.41, 5.74) is 2.34. The molecule has 1 aliphatic carbocycles. The van der Waals surface area contributed by atoms with E-state index in [2.05, 4.69) is 38.8 Å². The van der Waals surface area contributed by atoms with Gasteiger partial charge in [0.1, 0.15) is 22.9 Å². The van der Waals surface area contributed by atoms with Crippen LogP contribution in [0.3, 0.4) is 0 Å². The van der Waals surface area contributed by atoms with Crippen LogP contribution < -0.4 is 15.6 Å². The van der Waals surface area contributed by atoms with Crippen molar-refractivity contribution in [1.29, 1.82) is 0 Å². The number of pyridine rings is 1. The number of carbonyl (C=O) groups is 1. The first-order valence-corrected chi connectivity index (χ1v) is 13.1. The number of anilines is 1. The average Bonchev–Trinajstić information content (AvgIpc) is 2.91. The van der Waals surface area contributed by atoms with E-state index in [-0.39, 0.29) is 11.5 Å². The summed E-state index contributed by atoms with van der Waals surface area (Å²) >= 11 is 1.48. The highest BCUT2D eigenvalue weighted by molar-refractivity contribution is 8.00. The molecule has 1 N–H and O–H groups in total. The number of methoxy groups -OCH3 is 1. The Balaban J connectivity index is 0.000000154. The predicted molar refractivity (Wildman–Crippen MR) is 143 cm³/mol. The number of fused-ring (bicyclic) bond motifs is 2. The molecule has 0 saturated heterocycles. The lowest BCUT2D eigenvalue weighted by molar-refractivity contribution is -0.113. The molecule has 0 unspecified atom stereocenters. The first kappa shape index (κ1) is 27.3. The second-order valence-electron chi connectivity index (χ2n) is 8.71. The molecule has 0 aromatic carbocycles. The van der Waals surface area contributed by atoms with Crippen LogP contribution in [0.15, 0.2) is 46.5 Å². The molecule has 192 valence electrons. The molecular formula is C26H34N6O3S. The van der Waals surface area contributed by atoms with E-state index in [9.17, 15) is 9.59 Å². The van der Waals surface area contributed by atoms with Gasteiger partial charge in [0.15, 0.2) is 5.65 Å². The maximum Gasteiger partial charge on any atom is 0.269 e. The molecule has 5 rings (SSSR count). The fourth-order valence-electron chi connectivity index (χ4n) is 3.99. The quantitative estimate of drug-likeness (QED) is 0.510. The Hall–Kier alpha value is -3.27. The van der Waals surface area contributed by atoms with Gasteiger partial charge in [-0.3, -0.25) is 9.59 Å².